The van der Waals surface area contributed by atoms with Crippen LogP contribution in [0.25, 0.3) is 0 Å². The summed E-state index contributed by atoms with van der Waals surface area (Å²) in [6.07, 6.45) is 4.62. The molecule has 0 atom stereocenters. The van der Waals surface area contributed by atoms with Crippen molar-refractivity contribution in [2.75, 3.05) is 0 Å². The van der Waals surface area contributed by atoms with Gasteiger partial charge in [-0.3, -0.25) is 0 Å². The number of halogens is 3. The molecular formula is C17H23Cl3SiTi. The summed E-state index contributed by atoms with van der Waals surface area (Å²) in [6, 6.07) is 7.09. The van der Waals surface area contributed by atoms with Crippen LogP contribution < -0.4 is 42.4 Å². The fourth-order valence-corrected chi connectivity index (χ4v) is 8.03. The molecule has 2 rings (SSSR count). The molecule has 0 N–H and O–H groups in total. The van der Waals surface area contributed by atoms with E-state index < -0.39 is 8.07 Å². The summed E-state index contributed by atoms with van der Waals surface area (Å²) in [5.41, 5.74) is 5.84. The number of allylic oxidation sites excluding steroid dienone is 4. The van der Waals surface area contributed by atoms with Gasteiger partial charge in [-0.25, -0.2) is 0 Å². The number of hydrogen-bond acceptors (Lipinski definition) is 0. The van der Waals surface area contributed by atoms with Crippen molar-refractivity contribution < 1.29 is 57.7 Å². The van der Waals surface area contributed by atoms with Crippen molar-refractivity contribution in [3.63, 3.8) is 0 Å². The molecule has 0 heterocycles. The summed E-state index contributed by atoms with van der Waals surface area (Å²) in [4.78, 5) is 0. The summed E-state index contributed by atoms with van der Waals surface area (Å²) in [6.45, 7) is 14.0. The Morgan fingerprint density at radius 1 is 0.773 bits per heavy atom. The third-order valence-corrected chi connectivity index (χ3v) is 13.2. The average molecular weight is 410 g/mol. The maximum absolute atomic E-state index is 2.52. The fourth-order valence-electron chi connectivity index (χ4n) is 3.35. The maximum Gasteiger partial charge on any atom is -1.00 e. The summed E-state index contributed by atoms with van der Waals surface area (Å²) in [5, 5.41) is 1.58. The van der Waals surface area contributed by atoms with Crippen LogP contribution in [0.15, 0.2) is 41.5 Å². The van der Waals surface area contributed by atoms with Gasteiger partial charge < -0.3 is 37.2 Å². The predicted molar refractivity (Wildman–Crippen MR) is 83.2 cm³/mol. The standard InChI is InChI=1S/C17H23Si.3ClH.Ti/c1-12-9-13(2)11-16(10-12)18(5,6)17-14(3)7-8-15(17)4;;;;/h7-11H,1-6H3;3*1H;/q;;;;+3/p-3. The van der Waals surface area contributed by atoms with Crippen LogP contribution in [0.1, 0.15) is 25.0 Å². The molecule has 0 fully saturated rings. The third kappa shape index (κ3) is 3.94. The molecule has 1 aliphatic rings. The Hall–Kier alpha value is 0.501. The van der Waals surface area contributed by atoms with Gasteiger partial charge in [0.2, 0.25) is 0 Å². The molecule has 120 valence electrons. The fraction of sp³-hybridized carbons (Fsp3) is 0.412. The minimum atomic E-state index is -1.60. The molecule has 0 saturated carbocycles. The molecule has 1 aliphatic carbocycles. The van der Waals surface area contributed by atoms with Gasteiger partial charge in [-0.2, -0.15) is 0 Å². The second-order valence-corrected chi connectivity index (χ2v) is 13.0. The van der Waals surface area contributed by atoms with E-state index in [-0.39, 0.29) is 40.6 Å². The van der Waals surface area contributed by atoms with Crippen molar-refractivity contribution in [3.05, 3.63) is 52.6 Å². The first-order chi connectivity index (χ1) is 8.69. The van der Waals surface area contributed by atoms with E-state index in [1.165, 1.54) is 22.3 Å². The first kappa shape index (κ1) is 24.7. The van der Waals surface area contributed by atoms with E-state index >= 15 is 0 Å². The zero-order chi connectivity index (χ0) is 14.4. The van der Waals surface area contributed by atoms with E-state index in [1.807, 2.05) is 0 Å². The molecule has 0 aromatic heterocycles. The quantitative estimate of drug-likeness (QED) is 0.431. The van der Waals surface area contributed by atoms with E-state index in [0.717, 1.165) is 0 Å². The normalized spacial score (nSPS) is 15.8. The first-order valence-electron chi connectivity index (χ1n) is 6.89. The average Bonchev–Trinajstić information content (AvgIpc) is 2.57. The Kier molecular flexibility index (Phi) is 9.62. The molecule has 1 aromatic rings. The monoisotopic (exact) mass is 408 g/mol. The molecule has 0 aliphatic heterocycles. The number of aryl methyl sites for hydroxylation is 2. The Morgan fingerprint density at radius 2 is 1.14 bits per heavy atom. The van der Waals surface area contributed by atoms with Gasteiger partial charge in [0.25, 0.3) is 0 Å². The second-order valence-electron chi connectivity index (χ2n) is 6.45. The Balaban J connectivity index is 0. The van der Waals surface area contributed by atoms with Crippen LogP contribution in [-0.2, 0) is 20.4 Å². The topological polar surface area (TPSA) is 0 Å². The smallest absolute Gasteiger partial charge is 1.00 e. The second kappa shape index (κ2) is 8.56. The predicted octanol–water partition coefficient (Wildman–Crippen LogP) is -4.62. The van der Waals surface area contributed by atoms with Crippen LogP contribution in [0.4, 0.5) is 0 Å². The van der Waals surface area contributed by atoms with Crippen LogP contribution >= 0.6 is 0 Å². The van der Waals surface area contributed by atoms with Gasteiger partial charge in [0.15, 0.2) is 0 Å². The number of benzene rings is 1. The Labute approximate surface area is 166 Å². The molecule has 0 saturated heterocycles. The minimum Gasteiger partial charge on any atom is -1.00 e. The molecule has 0 amide bonds. The SMILES string of the molecule is CC1=CC=C(C)[C]1([Ti+3])[Si](C)(C)c1cc(C)cc(C)c1.[Cl-].[Cl-].[Cl-]. The summed E-state index contributed by atoms with van der Waals surface area (Å²) in [5.74, 6) is 0. The molecule has 0 radical (unpaired) electrons. The molecule has 0 nitrogen and oxygen atoms in total. The molecular weight excluding hydrogens is 386 g/mol. The molecule has 22 heavy (non-hydrogen) atoms. The number of rotatable bonds is 2. The molecule has 5 heteroatoms. The Bertz CT molecular complexity index is 553. The van der Waals surface area contributed by atoms with Gasteiger partial charge in [0.1, 0.15) is 0 Å². The van der Waals surface area contributed by atoms with Crippen molar-refractivity contribution in [2.24, 2.45) is 0 Å². The van der Waals surface area contributed by atoms with Crippen molar-refractivity contribution in [3.8, 4) is 0 Å². The van der Waals surface area contributed by atoms with E-state index in [1.54, 1.807) is 5.19 Å². The van der Waals surface area contributed by atoms with E-state index in [4.69, 9.17) is 0 Å². The zero-order valence-corrected chi connectivity index (χ0v) is 18.8. The van der Waals surface area contributed by atoms with Crippen molar-refractivity contribution in [1.29, 1.82) is 0 Å². The van der Waals surface area contributed by atoms with Crippen molar-refractivity contribution in [1.82, 2.24) is 0 Å². The molecule has 0 bridgehead atoms. The van der Waals surface area contributed by atoms with Gasteiger partial charge in [0, 0.05) is 0 Å². The van der Waals surface area contributed by atoms with Crippen LogP contribution in [0, 0.1) is 13.8 Å². The molecule has 1 aromatic carbocycles. The van der Waals surface area contributed by atoms with Crippen LogP contribution in [0.5, 0.6) is 0 Å². The Morgan fingerprint density at radius 3 is 1.50 bits per heavy atom. The van der Waals surface area contributed by atoms with E-state index in [9.17, 15) is 0 Å². The van der Waals surface area contributed by atoms with Gasteiger partial charge in [-0.05, 0) is 0 Å². The summed E-state index contributed by atoms with van der Waals surface area (Å²) >= 11 is 2.45. The number of hydrogen-bond donors (Lipinski definition) is 0. The van der Waals surface area contributed by atoms with Crippen LogP contribution in [0.2, 0.25) is 16.4 Å². The van der Waals surface area contributed by atoms with E-state index in [2.05, 4.69) is 91.6 Å². The largest absolute Gasteiger partial charge is 1.00 e. The van der Waals surface area contributed by atoms with Crippen molar-refractivity contribution in [2.45, 2.75) is 44.1 Å². The van der Waals surface area contributed by atoms with Crippen LogP contribution in [-0.4, -0.2) is 8.07 Å². The van der Waals surface area contributed by atoms with Crippen molar-refractivity contribution >= 4 is 13.3 Å². The summed E-state index contributed by atoms with van der Waals surface area (Å²) < 4.78 is 0.257. The first-order valence-corrected chi connectivity index (χ1v) is 10.7. The van der Waals surface area contributed by atoms with Gasteiger partial charge in [-0.1, -0.05) is 0 Å². The third-order valence-electron chi connectivity index (χ3n) is 4.65. The van der Waals surface area contributed by atoms with E-state index in [0.29, 0.717) is 0 Å². The molecule has 0 unspecified atom stereocenters. The van der Waals surface area contributed by atoms with Gasteiger partial charge in [0.05, 0.1) is 0 Å². The summed E-state index contributed by atoms with van der Waals surface area (Å²) in [7, 11) is -1.60. The zero-order valence-electron chi connectivity index (χ0n) is 14.0. The van der Waals surface area contributed by atoms with Gasteiger partial charge in [-0.15, -0.1) is 0 Å². The van der Waals surface area contributed by atoms with Crippen LogP contribution in [0.3, 0.4) is 0 Å². The maximum atomic E-state index is 2.52. The minimum absolute atomic E-state index is 0. The van der Waals surface area contributed by atoms with Gasteiger partial charge >= 0.3 is 130 Å². The molecule has 0 spiro atoms.